The van der Waals surface area contributed by atoms with Crippen molar-refractivity contribution < 1.29 is 4.74 Å². The Morgan fingerprint density at radius 1 is 1.41 bits per heavy atom. The summed E-state index contributed by atoms with van der Waals surface area (Å²) in [5, 5.41) is 8.74. The van der Waals surface area contributed by atoms with Crippen LogP contribution in [0.3, 0.4) is 0 Å². The summed E-state index contributed by atoms with van der Waals surface area (Å²) in [5.41, 5.74) is 0. The summed E-state index contributed by atoms with van der Waals surface area (Å²) in [6.45, 7) is 6.50. The summed E-state index contributed by atoms with van der Waals surface area (Å²) in [4.78, 5) is 2.50. The number of ether oxygens (including phenoxy) is 1. The lowest BCUT2D eigenvalue weighted by Gasteiger charge is -2.37. The van der Waals surface area contributed by atoms with Gasteiger partial charge in [0.2, 0.25) is 0 Å². The predicted molar refractivity (Wildman–Crippen MR) is 69.7 cm³/mol. The van der Waals surface area contributed by atoms with E-state index in [9.17, 15) is 0 Å². The molecule has 0 aromatic carbocycles. The van der Waals surface area contributed by atoms with Gasteiger partial charge in [0.1, 0.15) is 0 Å². The van der Waals surface area contributed by atoms with Gasteiger partial charge in [0.15, 0.2) is 0 Å². The zero-order chi connectivity index (χ0) is 12.7. The zero-order valence-electron chi connectivity index (χ0n) is 11.5. The van der Waals surface area contributed by atoms with Crippen LogP contribution in [0.5, 0.6) is 0 Å². The van der Waals surface area contributed by atoms with E-state index in [4.69, 9.17) is 10.00 Å². The Labute approximate surface area is 106 Å². The molecule has 1 fully saturated rings. The highest BCUT2D eigenvalue weighted by Crippen LogP contribution is 2.25. The summed E-state index contributed by atoms with van der Waals surface area (Å²) in [6.07, 6.45) is 5.91. The maximum atomic E-state index is 8.74. The van der Waals surface area contributed by atoms with E-state index in [1.807, 2.05) is 7.11 Å². The quantitative estimate of drug-likeness (QED) is 0.714. The smallest absolute Gasteiger partial charge is 0.0635 e. The fourth-order valence-electron chi connectivity index (χ4n) is 2.75. The average Bonchev–Trinajstić information content (AvgIpc) is 2.34. The van der Waals surface area contributed by atoms with Gasteiger partial charge in [0.05, 0.1) is 12.2 Å². The van der Waals surface area contributed by atoms with Crippen LogP contribution < -0.4 is 0 Å². The number of rotatable bonds is 6. The van der Waals surface area contributed by atoms with Crippen molar-refractivity contribution in [2.75, 3.05) is 20.2 Å². The summed E-state index contributed by atoms with van der Waals surface area (Å²) in [5.74, 6) is 0.664. The maximum absolute atomic E-state index is 8.74. The van der Waals surface area contributed by atoms with Crippen LogP contribution in [0.1, 0.15) is 46.0 Å². The molecule has 0 aromatic rings. The molecule has 0 saturated heterocycles. The number of hydrogen-bond donors (Lipinski definition) is 0. The van der Waals surface area contributed by atoms with Crippen molar-refractivity contribution in [3.05, 3.63) is 0 Å². The number of nitriles is 1. The van der Waals surface area contributed by atoms with E-state index >= 15 is 0 Å². The lowest BCUT2D eigenvalue weighted by molar-refractivity contribution is 0.0253. The van der Waals surface area contributed by atoms with Gasteiger partial charge in [-0.3, -0.25) is 4.90 Å². The van der Waals surface area contributed by atoms with Gasteiger partial charge < -0.3 is 4.74 Å². The lowest BCUT2D eigenvalue weighted by Crippen LogP contribution is -2.42. The second-order valence-corrected chi connectivity index (χ2v) is 5.48. The molecule has 3 nitrogen and oxygen atoms in total. The summed E-state index contributed by atoms with van der Waals surface area (Å²) >= 11 is 0. The van der Waals surface area contributed by atoms with Gasteiger partial charge in [-0.1, -0.05) is 13.8 Å². The molecule has 3 heteroatoms. The average molecular weight is 238 g/mol. The van der Waals surface area contributed by atoms with Gasteiger partial charge in [-0.15, -0.1) is 0 Å². The lowest BCUT2D eigenvalue weighted by atomic mass is 9.91. The molecule has 0 aromatic heterocycles. The molecule has 17 heavy (non-hydrogen) atoms. The van der Waals surface area contributed by atoms with Crippen LogP contribution in [0.2, 0.25) is 0 Å². The third-order valence-corrected chi connectivity index (χ3v) is 3.56. The van der Waals surface area contributed by atoms with Gasteiger partial charge in [-0.25, -0.2) is 0 Å². The maximum Gasteiger partial charge on any atom is 0.0635 e. The van der Waals surface area contributed by atoms with Gasteiger partial charge in [-0.05, 0) is 31.6 Å². The van der Waals surface area contributed by atoms with Crippen LogP contribution in [0.15, 0.2) is 0 Å². The molecule has 0 bridgehead atoms. The van der Waals surface area contributed by atoms with E-state index in [0.29, 0.717) is 24.5 Å². The van der Waals surface area contributed by atoms with Gasteiger partial charge in [-0.2, -0.15) is 5.26 Å². The standard InChI is InChI=1S/C14H26N2O/c1-12(2)11-16(9-5-8-15)13-6-4-7-14(10-13)17-3/h12-14H,4-7,9-11H2,1-3H3. The first-order valence-corrected chi connectivity index (χ1v) is 6.81. The highest BCUT2D eigenvalue weighted by atomic mass is 16.5. The molecular formula is C14H26N2O. The molecule has 0 amide bonds. The van der Waals surface area contributed by atoms with E-state index in [-0.39, 0.29) is 0 Å². The Hall–Kier alpha value is -0.590. The first kappa shape index (κ1) is 14.5. The Morgan fingerprint density at radius 2 is 2.18 bits per heavy atom. The molecule has 1 rings (SSSR count). The van der Waals surface area contributed by atoms with E-state index in [0.717, 1.165) is 19.5 Å². The minimum Gasteiger partial charge on any atom is -0.381 e. The zero-order valence-corrected chi connectivity index (χ0v) is 11.5. The van der Waals surface area contributed by atoms with Crippen molar-refractivity contribution >= 4 is 0 Å². The van der Waals surface area contributed by atoms with Gasteiger partial charge in [0.25, 0.3) is 0 Å². The molecule has 98 valence electrons. The third kappa shape index (κ3) is 5.06. The summed E-state index contributed by atoms with van der Waals surface area (Å²) in [7, 11) is 1.81. The molecule has 0 aliphatic heterocycles. The van der Waals surface area contributed by atoms with Crippen LogP contribution in [-0.4, -0.2) is 37.2 Å². The van der Waals surface area contributed by atoms with Crippen LogP contribution in [0, 0.1) is 17.2 Å². The molecule has 1 aliphatic carbocycles. The van der Waals surface area contributed by atoms with E-state index in [2.05, 4.69) is 24.8 Å². The van der Waals surface area contributed by atoms with Crippen molar-refractivity contribution in [2.45, 2.75) is 58.1 Å². The van der Waals surface area contributed by atoms with E-state index < -0.39 is 0 Å². The highest BCUT2D eigenvalue weighted by molar-refractivity contribution is 4.83. The second kappa shape index (κ2) is 7.68. The van der Waals surface area contributed by atoms with Crippen LogP contribution in [0.4, 0.5) is 0 Å². The largest absolute Gasteiger partial charge is 0.381 e. The van der Waals surface area contributed by atoms with Crippen LogP contribution in [-0.2, 0) is 4.74 Å². The molecular weight excluding hydrogens is 212 g/mol. The van der Waals surface area contributed by atoms with E-state index in [1.54, 1.807) is 0 Å². The topological polar surface area (TPSA) is 36.3 Å². The first-order chi connectivity index (χ1) is 8.17. The van der Waals surface area contributed by atoms with Crippen LogP contribution >= 0.6 is 0 Å². The summed E-state index contributed by atoms with van der Waals surface area (Å²) < 4.78 is 5.49. The fourth-order valence-corrected chi connectivity index (χ4v) is 2.75. The fraction of sp³-hybridized carbons (Fsp3) is 0.929. The minimum absolute atomic E-state index is 0.422. The SMILES string of the molecule is COC1CCCC(N(CCC#N)CC(C)C)C1. The Bertz CT molecular complexity index is 247. The number of nitrogens with zero attached hydrogens (tertiary/aromatic N) is 2. The van der Waals surface area contributed by atoms with Crippen molar-refractivity contribution in [1.29, 1.82) is 5.26 Å². The van der Waals surface area contributed by atoms with Gasteiger partial charge >= 0.3 is 0 Å². The molecule has 0 spiro atoms. The Balaban J connectivity index is 2.52. The van der Waals surface area contributed by atoms with Gasteiger partial charge in [0, 0.05) is 32.7 Å². The molecule has 2 atom stereocenters. The third-order valence-electron chi connectivity index (χ3n) is 3.56. The molecule has 0 N–H and O–H groups in total. The number of methoxy groups -OCH3 is 1. The van der Waals surface area contributed by atoms with E-state index in [1.165, 1.54) is 19.3 Å². The predicted octanol–water partition coefficient (Wildman–Crippen LogP) is 2.82. The monoisotopic (exact) mass is 238 g/mol. The van der Waals surface area contributed by atoms with Crippen LogP contribution in [0.25, 0.3) is 0 Å². The number of hydrogen-bond acceptors (Lipinski definition) is 3. The van der Waals surface area contributed by atoms with Crippen molar-refractivity contribution in [3.63, 3.8) is 0 Å². The molecule has 0 radical (unpaired) electrons. The molecule has 0 heterocycles. The van der Waals surface area contributed by atoms with Crippen molar-refractivity contribution in [3.8, 4) is 6.07 Å². The van der Waals surface area contributed by atoms with Crippen molar-refractivity contribution in [2.24, 2.45) is 5.92 Å². The second-order valence-electron chi connectivity index (χ2n) is 5.48. The van der Waals surface area contributed by atoms with Crippen molar-refractivity contribution in [1.82, 2.24) is 4.90 Å². The molecule has 1 aliphatic rings. The molecule has 2 unspecified atom stereocenters. The minimum atomic E-state index is 0.422. The highest BCUT2D eigenvalue weighted by Gasteiger charge is 2.26. The Kier molecular flexibility index (Phi) is 6.54. The summed E-state index contributed by atoms with van der Waals surface area (Å²) in [6, 6.07) is 2.88. The molecule has 1 saturated carbocycles. The normalized spacial score (nSPS) is 25.2. The first-order valence-electron chi connectivity index (χ1n) is 6.81. The Morgan fingerprint density at radius 3 is 2.76 bits per heavy atom.